The molecule has 1 aromatic rings. The second-order valence-corrected chi connectivity index (χ2v) is 7.78. The molecule has 0 aliphatic carbocycles. The summed E-state index contributed by atoms with van der Waals surface area (Å²) in [6.07, 6.45) is 2.84. The van der Waals surface area contributed by atoms with Gasteiger partial charge in [-0.3, -0.25) is 4.79 Å². The molecule has 0 atom stereocenters. The Kier molecular flexibility index (Phi) is 4.21. The van der Waals surface area contributed by atoms with E-state index in [1.807, 2.05) is 0 Å². The van der Waals surface area contributed by atoms with Gasteiger partial charge in [0.1, 0.15) is 14.8 Å². The molecule has 1 fully saturated rings. The van der Waals surface area contributed by atoms with Crippen LogP contribution in [0.3, 0.4) is 0 Å². The van der Waals surface area contributed by atoms with Crippen LogP contribution in [0.15, 0.2) is 4.90 Å². The van der Waals surface area contributed by atoms with Gasteiger partial charge in [0.2, 0.25) is 0 Å². The van der Waals surface area contributed by atoms with E-state index in [4.69, 9.17) is 11.5 Å². The van der Waals surface area contributed by atoms with Crippen molar-refractivity contribution in [3.63, 3.8) is 0 Å². The number of amides is 1. The Bertz CT molecular complexity index is 618. The van der Waals surface area contributed by atoms with E-state index < -0.39 is 15.7 Å². The van der Waals surface area contributed by atoms with E-state index in [1.54, 1.807) is 0 Å². The number of thiophene rings is 1. The first kappa shape index (κ1) is 15.1. The number of hydrogen-bond donors (Lipinski definition) is 4. The van der Waals surface area contributed by atoms with E-state index in [2.05, 4.69) is 10.6 Å². The van der Waals surface area contributed by atoms with E-state index in [-0.39, 0.29) is 21.5 Å². The number of nitrogens with two attached hydrogens (primary N) is 2. The van der Waals surface area contributed by atoms with Crippen LogP contribution in [0.1, 0.15) is 22.5 Å². The summed E-state index contributed by atoms with van der Waals surface area (Å²) in [5.41, 5.74) is 11.0. The fraction of sp³-hybridized carbons (Fsp3) is 0.545. The van der Waals surface area contributed by atoms with Crippen molar-refractivity contribution in [2.45, 2.75) is 23.8 Å². The standard InChI is InChI=1S/C11H18N4O3S2/c1-20(17,18)9-7(12)8(10(13)16)19-11(9)15-6-2-4-14-5-3-6/h6,14-15H,2-5,12H2,1H3,(H2,13,16). The lowest BCUT2D eigenvalue weighted by Gasteiger charge is -2.24. The Balaban J connectivity index is 2.40. The van der Waals surface area contributed by atoms with Crippen molar-refractivity contribution < 1.29 is 13.2 Å². The number of sulfone groups is 1. The van der Waals surface area contributed by atoms with Crippen LogP contribution in [0.25, 0.3) is 0 Å². The largest absolute Gasteiger partial charge is 0.396 e. The second-order valence-electron chi connectivity index (χ2n) is 4.81. The lowest BCUT2D eigenvalue weighted by atomic mass is 10.1. The number of carbonyl (C=O) groups excluding carboxylic acids is 1. The van der Waals surface area contributed by atoms with Gasteiger partial charge in [0.25, 0.3) is 5.91 Å². The maximum Gasteiger partial charge on any atom is 0.261 e. The summed E-state index contributed by atoms with van der Waals surface area (Å²) in [7, 11) is -3.53. The Hall–Kier alpha value is -1.32. The first-order valence-corrected chi connectivity index (χ1v) is 8.91. The van der Waals surface area contributed by atoms with E-state index in [1.165, 1.54) is 0 Å². The van der Waals surface area contributed by atoms with Gasteiger partial charge in [-0.05, 0) is 25.9 Å². The molecule has 6 N–H and O–H groups in total. The van der Waals surface area contributed by atoms with Crippen molar-refractivity contribution in [3.8, 4) is 0 Å². The molecule has 0 unspecified atom stereocenters. The number of nitrogens with one attached hydrogen (secondary N) is 2. The summed E-state index contributed by atoms with van der Waals surface area (Å²) in [4.78, 5) is 11.4. The van der Waals surface area contributed by atoms with Crippen LogP contribution in [-0.4, -0.2) is 39.7 Å². The zero-order valence-electron chi connectivity index (χ0n) is 11.1. The molecule has 1 aromatic heterocycles. The maximum absolute atomic E-state index is 11.9. The van der Waals surface area contributed by atoms with Crippen molar-refractivity contribution in [1.82, 2.24) is 5.32 Å². The number of primary amides is 1. The molecule has 0 bridgehead atoms. The lowest BCUT2D eigenvalue weighted by molar-refractivity contribution is 0.100. The number of carbonyl (C=O) groups is 1. The van der Waals surface area contributed by atoms with Crippen molar-refractivity contribution in [2.75, 3.05) is 30.4 Å². The third kappa shape index (κ3) is 3.05. The predicted octanol–water partition coefficient (Wildman–Crippen LogP) is -0.00340. The summed E-state index contributed by atoms with van der Waals surface area (Å²) in [5.74, 6) is -0.712. The molecular weight excluding hydrogens is 300 g/mol. The summed E-state index contributed by atoms with van der Waals surface area (Å²) in [6, 6.07) is 0.163. The van der Waals surface area contributed by atoms with Gasteiger partial charge < -0.3 is 22.1 Å². The van der Waals surface area contributed by atoms with Gasteiger partial charge in [-0.2, -0.15) is 0 Å². The molecule has 2 heterocycles. The summed E-state index contributed by atoms with van der Waals surface area (Å²) >= 11 is 1.00. The molecule has 1 amide bonds. The van der Waals surface area contributed by atoms with Gasteiger partial charge in [0.15, 0.2) is 9.84 Å². The van der Waals surface area contributed by atoms with Crippen LogP contribution in [0.2, 0.25) is 0 Å². The average Bonchev–Trinajstić information content (AvgIpc) is 2.67. The molecule has 112 valence electrons. The molecule has 1 aliphatic heterocycles. The zero-order chi connectivity index (χ0) is 14.9. The van der Waals surface area contributed by atoms with Gasteiger partial charge in [-0.25, -0.2) is 8.42 Å². The summed E-state index contributed by atoms with van der Waals surface area (Å²) in [6.45, 7) is 1.74. The molecule has 7 nitrogen and oxygen atoms in total. The van der Waals surface area contributed by atoms with E-state index in [0.29, 0.717) is 5.00 Å². The molecular formula is C11H18N4O3S2. The quantitative estimate of drug-likeness (QED) is 0.618. The SMILES string of the molecule is CS(=O)(=O)c1c(NC2CCNCC2)sc(C(N)=O)c1N. The molecule has 0 aromatic carbocycles. The highest BCUT2D eigenvalue weighted by Crippen LogP contribution is 2.39. The van der Waals surface area contributed by atoms with Crippen LogP contribution in [0, 0.1) is 0 Å². The molecule has 2 rings (SSSR count). The summed E-state index contributed by atoms with van der Waals surface area (Å²) < 4.78 is 23.7. The Morgan fingerprint density at radius 3 is 2.50 bits per heavy atom. The molecule has 9 heteroatoms. The molecule has 0 radical (unpaired) electrons. The molecule has 1 saturated heterocycles. The highest BCUT2D eigenvalue weighted by atomic mass is 32.2. The van der Waals surface area contributed by atoms with Crippen LogP contribution < -0.4 is 22.1 Å². The third-order valence-electron chi connectivity index (χ3n) is 3.17. The van der Waals surface area contributed by atoms with Gasteiger partial charge in [-0.1, -0.05) is 0 Å². The maximum atomic E-state index is 11.9. The zero-order valence-corrected chi connectivity index (χ0v) is 12.7. The smallest absolute Gasteiger partial charge is 0.261 e. The van der Waals surface area contributed by atoms with Crippen molar-refractivity contribution in [1.29, 1.82) is 0 Å². The Labute approximate surface area is 121 Å². The minimum absolute atomic E-state index is 0.0187. The normalized spacial score (nSPS) is 17.1. The second kappa shape index (κ2) is 5.58. The van der Waals surface area contributed by atoms with Crippen molar-refractivity contribution in [3.05, 3.63) is 4.88 Å². The van der Waals surface area contributed by atoms with Crippen molar-refractivity contribution >= 4 is 37.8 Å². The molecule has 1 aliphatic rings. The number of hydrogen-bond acceptors (Lipinski definition) is 7. The number of piperidine rings is 1. The predicted molar refractivity (Wildman–Crippen MR) is 79.9 cm³/mol. The summed E-state index contributed by atoms with van der Waals surface area (Å²) in [5, 5.41) is 6.82. The highest BCUT2D eigenvalue weighted by molar-refractivity contribution is 7.91. The van der Waals surface area contributed by atoms with Crippen molar-refractivity contribution in [2.24, 2.45) is 5.73 Å². The molecule has 20 heavy (non-hydrogen) atoms. The van der Waals surface area contributed by atoms with Gasteiger partial charge in [0, 0.05) is 12.3 Å². The molecule has 0 spiro atoms. The Morgan fingerprint density at radius 1 is 1.40 bits per heavy atom. The van der Waals surface area contributed by atoms with Crippen LogP contribution in [0.5, 0.6) is 0 Å². The number of anilines is 2. The topological polar surface area (TPSA) is 127 Å². The monoisotopic (exact) mass is 318 g/mol. The average molecular weight is 318 g/mol. The van der Waals surface area contributed by atoms with E-state index >= 15 is 0 Å². The first-order chi connectivity index (χ1) is 9.30. The van der Waals surface area contributed by atoms with Crippen LogP contribution >= 0.6 is 11.3 Å². The van der Waals surface area contributed by atoms with Crippen LogP contribution in [0.4, 0.5) is 10.7 Å². The fourth-order valence-corrected chi connectivity index (χ4v) is 4.71. The first-order valence-electron chi connectivity index (χ1n) is 6.20. The van der Waals surface area contributed by atoms with Gasteiger partial charge >= 0.3 is 0 Å². The van der Waals surface area contributed by atoms with Gasteiger partial charge in [0.05, 0.1) is 5.69 Å². The highest BCUT2D eigenvalue weighted by Gasteiger charge is 2.27. The van der Waals surface area contributed by atoms with E-state index in [0.717, 1.165) is 43.5 Å². The fourth-order valence-electron chi connectivity index (χ4n) is 2.23. The number of rotatable bonds is 4. The minimum Gasteiger partial charge on any atom is -0.396 e. The lowest BCUT2D eigenvalue weighted by Crippen LogP contribution is -2.35. The minimum atomic E-state index is -3.53. The van der Waals surface area contributed by atoms with Crippen LogP contribution in [-0.2, 0) is 9.84 Å². The molecule has 0 saturated carbocycles. The van der Waals surface area contributed by atoms with E-state index in [9.17, 15) is 13.2 Å². The Morgan fingerprint density at radius 2 is 2.00 bits per heavy atom. The third-order valence-corrected chi connectivity index (χ3v) is 5.61. The van der Waals surface area contributed by atoms with Gasteiger partial charge in [-0.15, -0.1) is 11.3 Å². The number of nitrogen functional groups attached to an aromatic ring is 1.